The molecule has 2 aromatic rings. The van der Waals surface area contributed by atoms with Crippen molar-refractivity contribution in [3.8, 4) is 5.75 Å². The zero-order valence-corrected chi connectivity index (χ0v) is 13.7. The molecule has 0 saturated heterocycles. The van der Waals surface area contributed by atoms with E-state index in [0.29, 0.717) is 11.4 Å². The number of halogens is 1. The summed E-state index contributed by atoms with van der Waals surface area (Å²) in [7, 11) is 1.59. The maximum atomic E-state index is 10.8. The summed E-state index contributed by atoms with van der Waals surface area (Å²) in [6.07, 6.45) is 0.853. The van der Waals surface area contributed by atoms with E-state index in [2.05, 4.69) is 21.0 Å². The minimum Gasteiger partial charge on any atom is -0.493 e. The number of aliphatic hydroxyl groups is 1. The van der Waals surface area contributed by atoms with Crippen molar-refractivity contribution in [1.82, 2.24) is 9.78 Å². The lowest BCUT2D eigenvalue weighted by atomic mass is 10.0. The molecule has 1 N–H and O–H groups in total. The van der Waals surface area contributed by atoms with Gasteiger partial charge in [0.05, 0.1) is 13.3 Å². The third-order valence-electron chi connectivity index (χ3n) is 3.28. The van der Waals surface area contributed by atoms with Gasteiger partial charge in [0.15, 0.2) is 5.75 Å². The number of methoxy groups -OCH3 is 1. The van der Waals surface area contributed by atoms with Gasteiger partial charge in [-0.25, -0.2) is 0 Å². The van der Waals surface area contributed by atoms with E-state index in [0.717, 1.165) is 15.6 Å². The smallest absolute Gasteiger partial charge is 0.163 e. The van der Waals surface area contributed by atoms with Crippen LogP contribution in [0.2, 0.25) is 0 Å². The highest BCUT2D eigenvalue weighted by atomic mass is 79.9. The summed E-state index contributed by atoms with van der Waals surface area (Å²) < 4.78 is 8.03. The molecule has 108 valence electrons. The Kier molecular flexibility index (Phi) is 4.50. The molecule has 1 aromatic carbocycles. The fourth-order valence-electron chi connectivity index (χ4n) is 2.21. The highest BCUT2D eigenvalue weighted by Gasteiger charge is 2.24. The lowest BCUT2D eigenvalue weighted by molar-refractivity contribution is 0.199. The number of rotatable bonds is 4. The molecule has 0 aliphatic rings. The minimum absolute atomic E-state index is 0.145. The van der Waals surface area contributed by atoms with Gasteiger partial charge in [-0.3, -0.25) is 4.68 Å². The molecule has 0 bridgehead atoms. The van der Waals surface area contributed by atoms with Crippen LogP contribution in [0.5, 0.6) is 5.75 Å². The molecule has 1 aromatic heterocycles. The highest BCUT2D eigenvalue weighted by Crippen LogP contribution is 2.35. The van der Waals surface area contributed by atoms with E-state index in [1.54, 1.807) is 18.0 Å². The molecule has 0 saturated carbocycles. The number of hydrogen-bond acceptors (Lipinski definition) is 3. The molecule has 0 aliphatic heterocycles. The SMILES string of the molecule is COc1cnn(C(C)C)c1C(O)c1cccc(C)c1Br. The first-order valence-corrected chi connectivity index (χ1v) is 7.31. The Bertz CT molecular complexity index is 608. The first-order chi connectivity index (χ1) is 9.47. The third kappa shape index (κ3) is 2.60. The van der Waals surface area contributed by atoms with Crippen molar-refractivity contribution in [1.29, 1.82) is 0 Å². The monoisotopic (exact) mass is 338 g/mol. The molecule has 1 atom stereocenters. The van der Waals surface area contributed by atoms with Crippen LogP contribution in [0.15, 0.2) is 28.9 Å². The molecule has 20 heavy (non-hydrogen) atoms. The number of aromatic nitrogens is 2. The molecule has 1 heterocycles. The normalized spacial score (nSPS) is 12.8. The summed E-state index contributed by atoms with van der Waals surface area (Å²) >= 11 is 3.54. The molecule has 0 spiro atoms. The van der Waals surface area contributed by atoms with Crippen LogP contribution in [-0.2, 0) is 0 Å². The van der Waals surface area contributed by atoms with Gasteiger partial charge in [-0.05, 0) is 26.3 Å². The highest BCUT2D eigenvalue weighted by molar-refractivity contribution is 9.10. The topological polar surface area (TPSA) is 47.3 Å². The van der Waals surface area contributed by atoms with Crippen LogP contribution in [0.25, 0.3) is 0 Å². The fourth-order valence-corrected chi connectivity index (χ4v) is 2.69. The molecule has 0 fully saturated rings. The predicted octanol–water partition coefficient (Wildman–Crippen LogP) is 3.63. The summed E-state index contributed by atoms with van der Waals surface area (Å²) in [6, 6.07) is 5.98. The van der Waals surface area contributed by atoms with Gasteiger partial charge in [-0.2, -0.15) is 5.10 Å². The second-order valence-electron chi connectivity index (χ2n) is 5.02. The second-order valence-corrected chi connectivity index (χ2v) is 5.81. The summed E-state index contributed by atoms with van der Waals surface area (Å²) in [5, 5.41) is 15.1. The van der Waals surface area contributed by atoms with Crippen LogP contribution in [-0.4, -0.2) is 22.0 Å². The Morgan fingerprint density at radius 2 is 2.05 bits per heavy atom. The van der Waals surface area contributed by atoms with E-state index < -0.39 is 6.10 Å². The summed E-state index contributed by atoms with van der Waals surface area (Å²) in [4.78, 5) is 0. The van der Waals surface area contributed by atoms with Crippen molar-refractivity contribution in [2.75, 3.05) is 7.11 Å². The summed E-state index contributed by atoms with van der Waals surface area (Å²) in [5.41, 5.74) is 2.57. The van der Waals surface area contributed by atoms with Gasteiger partial charge in [0.1, 0.15) is 11.8 Å². The van der Waals surface area contributed by atoms with Gasteiger partial charge in [0.25, 0.3) is 0 Å². The molecule has 0 aliphatic carbocycles. The third-order valence-corrected chi connectivity index (χ3v) is 4.37. The number of aliphatic hydroxyl groups excluding tert-OH is 1. The van der Waals surface area contributed by atoms with Crippen molar-refractivity contribution in [2.45, 2.75) is 32.9 Å². The number of hydrogen-bond donors (Lipinski definition) is 1. The molecule has 2 rings (SSSR count). The van der Waals surface area contributed by atoms with Gasteiger partial charge in [-0.15, -0.1) is 0 Å². The lowest BCUT2D eigenvalue weighted by Gasteiger charge is -2.19. The second kappa shape index (κ2) is 5.97. The lowest BCUT2D eigenvalue weighted by Crippen LogP contribution is -2.13. The molecule has 0 radical (unpaired) electrons. The molecular formula is C15H19BrN2O2. The zero-order valence-electron chi connectivity index (χ0n) is 12.1. The average Bonchev–Trinajstić information content (AvgIpc) is 2.85. The molecule has 5 heteroatoms. The number of aryl methyl sites for hydroxylation is 1. The standard InChI is InChI=1S/C15H19BrN2O2/c1-9(2)18-14(12(20-4)8-17-18)15(19)11-7-5-6-10(3)13(11)16/h5-9,15,19H,1-4H3. The van der Waals surface area contributed by atoms with Crippen molar-refractivity contribution in [3.05, 3.63) is 45.7 Å². The van der Waals surface area contributed by atoms with Crippen LogP contribution in [0.3, 0.4) is 0 Å². The van der Waals surface area contributed by atoms with E-state index in [1.807, 2.05) is 39.0 Å². The van der Waals surface area contributed by atoms with E-state index in [-0.39, 0.29) is 6.04 Å². The Hall–Kier alpha value is -1.33. The first-order valence-electron chi connectivity index (χ1n) is 6.51. The maximum absolute atomic E-state index is 10.8. The van der Waals surface area contributed by atoms with E-state index in [4.69, 9.17) is 4.74 Å². The van der Waals surface area contributed by atoms with E-state index in [9.17, 15) is 5.11 Å². The van der Waals surface area contributed by atoms with Crippen molar-refractivity contribution >= 4 is 15.9 Å². The summed E-state index contributed by atoms with van der Waals surface area (Å²) in [6.45, 7) is 6.04. The fraction of sp³-hybridized carbons (Fsp3) is 0.400. The zero-order chi connectivity index (χ0) is 14.9. The Balaban J connectivity index is 2.55. The Morgan fingerprint density at radius 1 is 1.35 bits per heavy atom. The van der Waals surface area contributed by atoms with Crippen molar-refractivity contribution < 1.29 is 9.84 Å². The van der Waals surface area contributed by atoms with Crippen molar-refractivity contribution in [3.63, 3.8) is 0 Å². The van der Waals surface area contributed by atoms with Crippen LogP contribution < -0.4 is 4.74 Å². The van der Waals surface area contributed by atoms with Gasteiger partial charge in [0.2, 0.25) is 0 Å². The van der Waals surface area contributed by atoms with Gasteiger partial charge < -0.3 is 9.84 Å². The molecule has 1 unspecified atom stereocenters. The molecule has 0 amide bonds. The number of benzene rings is 1. The van der Waals surface area contributed by atoms with E-state index in [1.165, 1.54) is 0 Å². The van der Waals surface area contributed by atoms with Crippen LogP contribution >= 0.6 is 15.9 Å². The van der Waals surface area contributed by atoms with Crippen LogP contribution in [0, 0.1) is 6.92 Å². The average molecular weight is 339 g/mol. The van der Waals surface area contributed by atoms with Crippen molar-refractivity contribution in [2.24, 2.45) is 0 Å². The molecular weight excluding hydrogens is 320 g/mol. The number of nitrogens with zero attached hydrogens (tertiary/aromatic N) is 2. The van der Waals surface area contributed by atoms with Gasteiger partial charge in [-0.1, -0.05) is 34.1 Å². The van der Waals surface area contributed by atoms with Crippen LogP contribution in [0.1, 0.15) is 42.8 Å². The Labute approximate surface area is 127 Å². The predicted molar refractivity (Wildman–Crippen MR) is 82.1 cm³/mol. The quantitative estimate of drug-likeness (QED) is 0.925. The minimum atomic E-state index is -0.788. The molecule has 4 nitrogen and oxygen atoms in total. The van der Waals surface area contributed by atoms with Crippen LogP contribution in [0.4, 0.5) is 0 Å². The first kappa shape index (κ1) is 15.1. The largest absolute Gasteiger partial charge is 0.493 e. The van der Waals surface area contributed by atoms with Gasteiger partial charge >= 0.3 is 0 Å². The van der Waals surface area contributed by atoms with Gasteiger partial charge in [0, 0.05) is 16.1 Å². The van der Waals surface area contributed by atoms with E-state index >= 15 is 0 Å². The maximum Gasteiger partial charge on any atom is 0.163 e. The Morgan fingerprint density at radius 3 is 2.65 bits per heavy atom. The summed E-state index contributed by atoms with van der Waals surface area (Å²) in [5.74, 6) is 0.597. The number of ether oxygens (including phenoxy) is 1.